The average molecular weight is 1260 g/mol. The van der Waals surface area contributed by atoms with Crippen LogP contribution in [0.5, 0.6) is 0 Å². The van der Waals surface area contributed by atoms with Crippen molar-refractivity contribution in [3.63, 3.8) is 0 Å². The molecular formula is C53H57Cl10N5O9. The Kier molecular flexibility index (Phi) is 22.9. The molecule has 5 aromatic carbocycles. The molecule has 0 unspecified atom stereocenters. The van der Waals surface area contributed by atoms with Crippen LogP contribution in [0.15, 0.2) is 91.0 Å². The molecule has 3 aliphatic rings. The summed E-state index contributed by atoms with van der Waals surface area (Å²) in [5.74, 6) is 0. The molecule has 0 aromatic heterocycles. The molecule has 14 atom stereocenters. The van der Waals surface area contributed by atoms with Gasteiger partial charge in [0.2, 0.25) is 0 Å². The summed E-state index contributed by atoms with van der Waals surface area (Å²) >= 11 is 63.9. The van der Waals surface area contributed by atoms with Crippen molar-refractivity contribution < 1.29 is 42.6 Å². The van der Waals surface area contributed by atoms with Crippen molar-refractivity contribution in [3.05, 3.63) is 169 Å². The van der Waals surface area contributed by atoms with E-state index in [0.29, 0.717) is 78.9 Å². The van der Waals surface area contributed by atoms with E-state index >= 15 is 0 Å². The molecule has 0 spiro atoms. The fourth-order valence-corrected chi connectivity index (χ4v) is 12.5. The van der Waals surface area contributed by atoms with Crippen LogP contribution >= 0.6 is 116 Å². The van der Waals surface area contributed by atoms with Crippen LogP contribution in [0.1, 0.15) is 40.7 Å². The molecule has 0 amide bonds. The van der Waals surface area contributed by atoms with Crippen LogP contribution in [0.2, 0.25) is 50.2 Å². The van der Waals surface area contributed by atoms with Gasteiger partial charge in [0.25, 0.3) is 0 Å². The third-order valence-corrected chi connectivity index (χ3v) is 15.3. The van der Waals surface area contributed by atoms with Crippen molar-refractivity contribution in [2.75, 3.05) is 13.2 Å². The second kappa shape index (κ2) is 28.6. The molecule has 1 aliphatic carbocycles. The van der Waals surface area contributed by atoms with Gasteiger partial charge in [-0.15, -0.1) is 0 Å². The number of hydrogen-bond donors (Lipinski definition) is 5. The summed E-state index contributed by atoms with van der Waals surface area (Å²) in [5.41, 5.74) is 38.0. The maximum Gasteiger partial charge on any atom is 0.186 e. The molecule has 0 radical (unpaired) electrons. The maximum atomic E-state index is 7.31. The van der Waals surface area contributed by atoms with Crippen LogP contribution < -0.4 is 28.7 Å². The van der Waals surface area contributed by atoms with E-state index in [1.165, 1.54) is 0 Å². The Balaban J connectivity index is 1.10. The fourth-order valence-electron chi connectivity index (χ4n) is 9.66. The SMILES string of the molecule is NC[C@H]1O[C@H](O[C@H]2[C@H](OCc3cc(Cl)cc(Cl)c3)[C@@H](O[C@H]3O[C@H](COCc4cc(Cl)cc(Cl)c4)[C@@H](OCc4cc(Cl)cc(Cl)c4)[C@H](N)[C@H]3OCc3cc(Cl)cc(Cl)c3)[C@H](N)C[C@@H]2N)[C@H](N)C[C@@H]1OCc1cc(Cl)cc(Cl)c1. The molecule has 1 saturated carbocycles. The first-order valence-corrected chi connectivity index (χ1v) is 28.2. The lowest BCUT2D eigenvalue weighted by Crippen LogP contribution is -2.69. The molecule has 2 saturated heterocycles. The van der Waals surface area contributed by atoms with E-state index in [4.69, 9.17) is 187 Å². The lowest BCUT2D eigenvalue weighted by Gasteiger charge is -2.50. The fraction of sp³-hybridized carbons (Fsp3) is 0.434. The molecule has 5 aromatic rings. The number of benzene rings is 5. The molecule has 0 bridgehead atoms. The average Bonchev–Trinajstić information content (AvgIpc) is 3.38. The van der Waals surface area contributed by atoms with Crippen LogP contribution in [-0.2, 0) is 75.7 Å². The number of halogens is 10. The van der Waals surface area contributed by atoms with Crippen molar-refractivity contribution in [3.8, 4) is 0 Å². The quantitative estimate of drug-likeness (QED) is 0.0463. The Morgan fingerprint density at radius 3 is 1.14 bits per heavy atom. The van der Waals surface area contributed by atoms with Gasteiger partial charge in [0.1, 0.15) is 36.6 Å². The summed E-state index contributed by atoms with van der Waals surface area (Å²) in [6.45, 7) is 0.246. The van der Waals surface area contributed by atoms with Gasteiger partial charge in [0, 0.05) is 68.9 Å². The van der Waals surface area contributed by atoms with E-state index < -0.39 is 85.6 Å². The Morgan fingerprint density at radius 1 is 0.377 bits per heavy atom. The third-order valence-electron chi connectivity index (χ3n) is 13.1. The van der Waals surface area contributed by atoms with Crippen LogP contribution in [0, 0.1) is 0 Å². The van der Waals surface area contributed by atoms with Crippen molar-refractivity contribution in [1.29, 1.82) is 0 Å². The van der Waals surface area contributed by atoms with Gasteiger partial charge < -0.3 is 71.3 Å². The first-order chi connectivity index (χ1) is 36.8. The topological polar surface area (TPSA) is 213 Å². The number of nitrogens with two attached hydrogens (primary N) is 5. The largest absolute Gasteiger partial charge is 0.374 e. The van der Waals surface area contributed by atoms with Crippen LogP contribution in [0.4, 0.5) is 0 Å². The van der Waals surface area contributed by atoms with E-state index in [9.17, 15) is 0 Å². The minimum atomic E-state index is -1.28. The van der Waals surface area contributed by atoms with Gasteiger partial charge in [-0.05, 0) is 132 Å². The molecule has 24 heteroatoms. The van der Waals surface area contributed by atoms with Crippen molar-refractivity contribution >= 4 is 116 Å². The highest BCUT2D eigenvalue weighted by molar-refractivity contribution is 6.36. The first kappa shape index (κ1) is 61.5. The summed E-state index contributed by atoms with van der Waals surface area (Å²) in [6, 6.07) is 22.3. The molecule has 2 heterocycles. The molecule has 8 rings (SSSR count). The zero-order chi connectivity index (χ0) is 55.1. The zero-order valence-electron chi connectivity index (χ0n) is 40.9. The molecule has 2 aliphatic heterocycles. The van der Waals surface area contributed by atoms with E-state index in [1.807, 2.05) is 0 Å². The smallest absolute Gasteiger partial charge is 0.186 e. The molecule has 77 heavy (non-hydrogen) atoms. The molecule has 3 fully saturated rings. The minimum Gasteiger partial charge on any atom is -0.374 e. The van der Waals surface area contributed by atoms with Crippen molar-refractivity contribution in [1.82, 2.24) is 0 Å². The van der Waals surface area contributed by atoms with Gasteiger partial charge >= 0.3 is 0 Å². The highest BCUT2D eigenvalue weighted by Gasteiger charge is 2.53. The highest BCUT2D eigenvalue weighted by Crippen LogP contribution is 2.37. The molecule has 10 N–H and O–H groups in total. The van der Waals surface area contributed by atoms with Gasteiger partial charge in [-0.2, -0.15) is 0 Å². The lowest BCUT2D eigenvalue weighted by atomic mass is 9.84. The summed E-state index contributed by atoms with van der Waals surface area (Å²) in [6.07, 6.45) is -8.91. The summed E-state index contributed by atoms with van der Waals surface area (Å²) in [5, 5.41) is 4.24. The van der Waals surface area contributed by atoms with Crippen LogP contribution in [0.3, 0.4) is 0 Å². The highest BCUT2D eigenvalue weighted by atomic mass is 35.5. The van der Waals surface area contributed by atoms with Crippen molar-refractivity contribution in [2.45, 2.75) is 131 Å². The Hall–Kier alpha value is -1.56. The van der Waals surface area contributed by atoms with Gasteiger partial charge in [-0.1, -0.05) is 116 Å². The minimum absolute atomic E-state index is 0.0262. The van der Waals surface area contributed by atoms with E-state index in [1.54, 1.807) is 91.0 Å². The van der Waals surface area contributed by atoms with E-state index in [0.717, 1.165) is 5.56 Å². The van der Waals surface area contributed by atoms with Gasteiger partial charge in [-0.25, -0.2) is 0 Å². The number of hydrogen-bond acceptors (Lipinski definition) is 14. The van der Waals surface area contributed by atoms with Gasteiger partial charge in [0.05, 0.1) is 63.9 Å². The summed E-state index contributed by atoms with van der Waals surface area (Å²) < 4.78 is 60.1. The van der Waals surface area contributed by atoms with Gasteiger partial charge in [0.15, 0.2) is 12.6 Å². The summed E-state index contributed by atoms with van der Waals surface area (Å²) in [4.78, 5) is 0. The van der Waals surface area contributed by atoms with Crippen LogP contribution in [0.25, 0.3) is 0 Å². The predicted octanol–water partition coefficient (Wildman–Crippen LogP) is 11.4. The second-order valence-electron chi connectivity index (χ2n) is 19.1. The van der Waals surface area contributed by atoms with E-state index in [-0.39, 0.29) is 52.6 Å². The molecular weight excluding hydrogens is 1210 g/mol. The Labute approximate surface area is 497 Å². The third kappa shape index (κ3) is 17.3. The van der Waals surface area contributed by atoms with E-state index in [2.05, 4.69) is 0 Å². The van der Waals surface area contributed by atoms with Gasteiger partial charge in [-0.3, -0.25) is 0 Å². The van der Waals surface area contributed by atoms with Crippen LogP contribution in [-0.4, -0.2) is 98.7 Å². The zero-order valence-corrected chi connectivity index (χ0v) is 48.5. The standard InChI is InChI=1S/C53H57Cl10N5O9/c54-30-1-25(2-31(55)11-30)19-69-24-45-49(71-21-27-5-34(58)13-35(59)6-27)46(68)50(72-22-28-7-36(60)14-37(61)8-28)53(75-45)77-48-41(66)16-40(65)47(51(48)73-23-29-9-38(62)15-39(63)10-29)76-52-42(67)17-43(44(18-64)74-52)70-20-26-3-32(56)12-33(57)4-26/h1-15,40-53H,16-24,64-68H2/t40-,41+,42+,43-,44+,45+,46-,47+,48-,49+,50+,51-,52+,53+/m0/s1. The Bertz CT molecular complexity index is 2680. The number of rotatable bonds is 21. The van der Waals surface area contributed by atoms with Crippen molar-refractivity contribution in [2.24, 2.45) is 28.7 Å². The first-order valence-electron chi connectivity index (χ1n) is 24.4. The lowest BCUT2D eigenvalue weighted by molar-refractivity contribution is -0.330. The molecule has 418 valence electrons. The number of ether oxygens (including phenoxy) is 9. The summed E-state index contributed by atoms with van der Waals surface area (Å²) in [7, 11) is 0. The predicted molar refractivity (Wildman–Crippen MR) is 304 cm³/mol. The maximum absolute atomic E-state index is 7.31. The monoisotopic (exact) mass is 1260 g/mol. The second-order valence-corrected chi connectivity index (χ2v) is 23.5. The molecule has 14 nitrogen and oxygen atoms in total. The normalized spacial score (nSPS) is 28.7. The Morgan fingerprint density at radius 2 is 0.727 bits per heavy atom.